The van der Waals surface area contributed by atoms with Gasteiger partial charge in [-0.2, -0.15) is 0 Å². The van der Waals surface area contributed by atoms with Gasteiger partial charge in [0.25, 0.3) is 0 Å². The van der Waals surface area contributed by atoms with Crippen LogP contribution >= 0.6 is 0 Å². The maximum absolute atomic E-state index is 12.9. The van der Waals surface area contributed by atoms with Crippen LogP contribution in [0, 0.1) is 5.92 Å². The second-order valence-electron chi connectivity index (χ2n) is 10.0. The number of phenolic OH excluding ortho intramolecular Hbond substituents is 1. The molecule has 0 radical (unpaired) electrons. The molecule has 2 aliphatic heterocycles. The summed E-state index contributed by atoms with van der Waals surface area (Å²) in [5.74, 6) is -1.08. The maximum Gasteiger partial charge on any atom is 0.309 e. The van der Waals surface area contributed by atoms with E-state index >= 15 is 0 Å². The van der Waals surface area contributed by atoms with Crippen molar-refractivity contribution in [1.82, 2.24) is 4.90 Å². The molecule has 33 heavy (non-hydrogen) atoms. The standard InChI is InChI=1S/C25H35NO7/c1-7-14(2)22(28)32-18-12-23-10-11-26(3)24(23)13-17(33-25(24,31-6)21(18)30-5)15-8-9-16(29-4)20(27)19(15)23/h8-9,14,17-18,21,27H,7,10-13H2,1-6H3/t14-,17-,18-,21-,23-,24-,25-/m0/s1. The number of carbonyl (C=O) groups excluding carboxylic acids is 1. The second kappa shape index (κ2) is 7.57. The molecule has 4 aliphatic rings. The number of nitrogens with zero attached hydrogens (tertiary/aromatic N) is 1. The number of phenols is 1. The van der Waals surface area contributed by atoms with Crippen molar-refractivity contribution >= 4 is 5.97 Å². The predicted molar refractivity (Wildman–Crippen MR) is 119 cm³/mol. The van der Waals surface area contributed by atoms with Gasteiger partial charge in [0.1, 0.15) is 12.2 Å². The molecule has 0 amide bonds. The Kier molecular flexibility index (Phi) is 5.25. The molecular formula is C25H35NO7. The van der Waals surface area contributed by atoms with E-state index in [4.69, 9.17) is 23.7 Å². The van der Waals surface area contributed by atoms with E-state index in [0.717, 1.165) is 24.1 Å². The molecule has 3 fully saturated rings. The summed E-state index contributed by atoms with van der Waals surface area (Å²) in [5, 5.41) is 11.4. The number of benzene rings is 1. The van der Waals surface area contributed by atoms with Crippen LogP contribution < -0.4 is 4.74 Å². The lowest BCUT2D eigenvalue weighted by atomic mass is 9.50. The Morgan fingerprint density at radius 1 is 1.30 bits per heavy atom. The van der Waals surface area contributed by atoms with Crippen molar-refractivity contribution < 1.29 is 33.6 Å². The van der Waals surface area contributed by atoms with Crippen molar-refractivity contribution in [2.45, 2.75) is 74.6 Å². The molecule has 7 atom stereocenters. The van der Waals surface area contributed by atoms with Gasteiger partial charge in [-0.15, -0.1) is 0 Å². The zero-order chi connectivity index (χ0) is 23.8. The molecule has 1 spiro atoms. The Morgan fingerprint density at radius 2 is 2.06 bits per heavy atom. The molecule has 0 unspecified atom stereocenters. The monoisotopic (exact) mass is 461 g/mol. The molecule has 1 N–H and O–H groups in total. The summed E-state index contributed by atoms with van der Waals surface area (Å²) in [6.45, 7) is 4.63. The van der Waals surface area contributed by atoms with E-state index in [9.17, 15) is 9.90 Å². The summed E-state index contributed by atoms with van der Waals surface area (Å²) >= 11 is 0. The molecule has 8 heteroatoms. The first-order valence-electron chi connectivity index (χ1n) is 11.8. The SMILES string of the molecule is CC[C@H](C)C(=O)O[C@H]1C[C@]23CCN(C)[C@@]24C[C@H](O[C@@]4(OC)[C@H]1OC)c1ccc(OC)c(O)c13. The average Bonchev–Trinajstić information content (AvgIpc) is 3.31. The van der Waals surface area contributed by atoms with E-state index in [1.165, 1.54) is 0 Å². The van der Waals surface area contributed by atoms with Gasteiger partial charge in [-0.05, 0) is 44.5 Å². The molecule has 2 bridgehead atoms. The smallest absolute Gasteiger partial charge is 0.309 e. The molecule has 1 saturated carbocycles. The Morgan fingerprint density at radius 3 is 2.70 bits per heavy atom. The molecule has 1 aromatic rings. The van der Waals surface area contributed by atoms with Crippen molar-refractivity contribution in [3.05, 3.63) is 23.3 Å². The number of fused-ring (bicyclic) bond motifs is 3. The fraction of sp³-hybridized carbons (Fsp3) is 0.720. The van der Waals surface area contributed by atoms with Crippen LogP contribution in [0.15, 0.2) is 12.1 Å². The lowest BCUT2D eigenvalue weighted by Crippen LogP contribution is -2.78. The summed E-state index contributed by atoms with van der Waals surface area (Å²) in [6.07, 6.45) is 1.18. The summed E-state index contributed by atoms with van der Waals surface area (Å²) < 4.78 is 30.7. The first-order chi connectivity index (χ1) is 15.8. The van der Waals surface area contributed by atoms with Gasteiger partial charge in [0.05, 0.1) is 24.7 Å². The number of hydrogen-bond donors (Lipinski definition) is 1. The minimum absolute atomic E-state index is 0.137. The van der Waals surface area contributed by atoms with E-state index in [1.807, 2.05) is 19.9 Å². The third-order valence-corrected chi connectivity index (χ3v) is 9.01. The van der Waals surface area contributed by atoms with E-state index in [1.54, 1.807) is 27.4 Å². The lowest BCUT2D eigenvalue weighted by molar-refractivity contribution is -0.340. The second-order valence-corrected chi connectivity index (χ2v) is 10.0. The highest BCUT2D eigenvalue weighted by molar-refractivity contribution is 5.72. The van der Waals surface area contributed by atoms with Crippen LogP contribution in [0.3, 0.4) is 0 Å². The topological polar surface area (TPSA) is 86.7 Å². The van der Waals surface area contributed by atoms with Crippen LogP contribution in [0.4, 0.5) is 0 Å². The summed E-state index contributed by atoms with van der Waals surface area (Å²) in [4.78, 5) is 15.2. The minimum Gasteiger partial charge on any atom is -0.504 e. The highest BCUT2D eigenvalue weighted by Crippen LogP contribution is 2.73. The maximum atomic E-state index is 12.9. The molecule has 2 saturated heterocycles. The van der Waals surface area contributed by atoms with Gasteiger partial charge < -0.3 is 28.8 Å². The van der Waals surface area contributed by atoms with Gasteiger partial charge in [0, 0.05) is 31.6 Å². The van der Waals surface area contributed by atoms with Crippen LogP contribution in [-0.2, 0) is 29.2 Å². The number of rotatable bonds is 6. The number of hydrogen-bond acceptors (Lipinski definition) is 8. The van der Waals surface area contributed by atoms with E-state index in [2.05, 4.69) is 11.9 Å². The number of carbonyl (C=O) groups is 1. The van der Waals surface area contributed by atoms with Gasteiger partial charge >= 0.3 is 5.97 Å². The number of esters is 1. The van der Waals surface area contributed by atoms with Gasteiger partial charge in [0.2, 0.25) is 5.79 Å². The summed E-state index contributed by atoms with van der Waals surface area (Å²) in [5.41, 5.74) is 0.632. The van der Waals surface area contributed by atoms with Crippen LogP contribution in [-0.4, -0.2) is 74.4 Å². The fourth-order valence-electron chi connectivity index (χ4n) is 7.41. The first-order valence-corrected chi connectivity index (χ1v) is 11.8. The van der Waals surface area contributed by atoms with Crippen molar-refractivity contribution in [1.29, 1.82) is 0 Å². The number of methoxy groups -OCH3 is 3. The highest BCUT2D eigenvalue weighted by Gasteiger charge is 2.83. The average molecular weight is 462 g/mol. The predicted octanol–water partition coefficient (Wildman–Crippen LogP) is 2.91. The Labute approximate surface area is 195 Å². The zero-order valence-electron chi connectivity index (χ0n) is 20.3. The molecule has 2 aliphatic carbocycles. The highest BCUT2D eigenvalue weighted by atomic mass is 16.7. The summed E-state index contributed by atoms with van der Waals surface area (Å²) in [6, 6.07) is 3.78. The zero-order valence-corrected chi connectivity index (χ0v) is 20.3. The molecule has 1 aromatic carbocycles. The normalized spacial score (nSPS) is 39.6. The molecular weight excluding hydrogens is 426 g/mol. The van der Waals surface area contributed by atoms with Crippen molar-refractivity contribution in [3.8, 4) is 11.5 Å². The van der Waals surface area contributed by atoms with Crippen LogP contribution in [0.1, 0.15) is 56.8 Å². The number of aromatic hydroxyl groups is 1. The van der Waals surface area contributed by atoms with E-state index < -0.39 is 28.9 Å². The fourth-order valence-corrected chi connectivity index (χ4v) is 7.41. The quantitative estimate of drug-likeness (QED) is 0.648. The molecule has 5 rings (SSSR count). The Balaban J connectivity index is 1.75. The Bertz CT molecular complexity index is 968. The Hall–Kier alpha value is -1.87. The van der Waals surface area contributed by atoms with Crippen LogP contribution in [0.5, 0.6) is 11.5 Å². The number of ether oxygens (including phenoxy) is 5. The first kappa shape index (κ1) is 22.9. The van der Waals surface area contributed by atoms with E-state index in [-0.39, 0.29) is 23.7 Å². The van der Waals surface area contributed by atoms with Crippen LogP contribution in [0.2, 0.25) is 0 Å². The van der Waals surface area contributed by atoms with Crippen molar-refractivity contribution in [2.24, 2.45) is 5.92 Å². The third kappa shape index (κ3) is 2.53. The molecule has 0 aromatic heterocycles. The number of likely N-dealkylation sites (tertiary alicyclic amines) is 1. The van der Waals surface area contributed by atoms with Crippen molar-refractivity contribution in [2.75, 3.05) is 34.9 Å². The van der Waals surface area contributed by atoms with Crippen LogP contribution in [0.25, 0.3) is 0 Å². The minimum atomic E-state index is -1.17. The lowest BCUT2D eigenvalue weighted by Gasteiger charge is -2.61. The molecule has 8 nitrogen and oxygen atoms in total. The van der Waals surface area contributed by atoms with Gasteiger partial charge in [-0.1, -0.05) is 19.9 Å². The number of likely N-dealkylation sites (N-methyl/N-ethyl adjacent to an activating group) is 1. The largest absolute Gasteiger partial charge is 0.504 e. The molecule has 182 valence electrons. The third-order valence-electron chi connectivity index (χ3n) is 9.01. The van der Waals surface area contributed by atoms with Gasteiger partial charge in [-0.3, -0.25) is 9.69 Å². The summed E-state index contributed by atoms with van der Waals surface area (Å²) in [7, 11) is 6.90. The van der Waals surface area contributed by atoms with Gasteiger partial charge in [0.15, 0.2) is 11.5 Å². The van der Waals surface area contributed by atoms with Crippen molar-refractivity contribution in [3.63, 3.8) is 0 Å². The van der Waals surface area contributed by atoms with E-state index in [0.29, 0.717) is 25.0 Å². The van der Waals surface area contributed by atoms with Gasteiger partial charge in [-0.25, -0.2) is 0 Å². The molecule has 2 heterocycles.